The van der Waals surface area contributed by atoms with Gasteiger partial charge in [-0.05, 0) is 91.0 Å². The van der Waals surface area contributed by atoms with Crippen LogP contribution in [-0.2, 0) is 9.53 Å². The lowest BCUT2D eigenvalue weighted by atomic mass is 9.68. The van der Waals surface area contributed by atoms with E-state index in [0.29, 0.717) is 5.92 Å². The topological polar surface area (TPSA) is 55.8 Å². The smallest absolute Gasteiger partial charge is 0.335 e. The van der Waals surface area contributed by atoms with Crippen LogP contribution in [0.5, 0.6) is 5.75 Å². The molecule has 0 spiro atoms. The summed E-state index contributed by atoms with van der Waals surface area (Å²) in [6.07, 6.45) is 17.1. The van der Waals surface area contributed by atoms with Crippen molar-refractivity contribution in [1.82, 2.24) is 0 Å². The van der Waals surface area contributed by atoms with Crippen LogP contribution >= 0.6 is 0 Å². The maximum Gasteiger partial charge on any atom is 0.335 e. The highest BCUT2D eigenvalue weighted by Crippen LogP contribution is 2.44. The van der Waals surface area contributed by atoms with Crippen LogP contribution in [0.1, 0.15) is 95.5 Å². The van der Waals surface area contributed by atoms with Crippen LogP contribution in [0.3, 0.4) is 0 Å². The molecule has 0 bridgehead atoms. The summed E-state index contributed by atoms with van der Waals surface area (Å²) >= 11 is 0. The van der Waals surface area contributed by atoms with Crippen molar-refractivity contribution in [1.29, 1.82) is 0 Å². The maximum absolute atomic E-state index is 11.5. The SMILES string of the molecule is C=C(CO)C(=O)OCCOc1ccc(-c2ccc(C3CCC(C4CCC(CCCCC)CC4)CC3)cc2)cc1. The molecule has 0 amide bonds. The second kappa shape index (κ2) is 15.3. The molecule has 2 saturated carbocycles. The lowest BCUT2D eigenvalue weighted by Crippen LogP contribution is -2.25. The Bertz CT molecular complexity index is 1010. The van der Waals surface area contributed by atoms with E-state index in [0.717, 1.165) is 29.1 Å². The number of benzene rings is 2. The third-order valence-corrected chi connectivity index (χ3v) is 9.18. The summed E-state index contributed by atoms with van der Waals surface area (Å²) in [6, 6.07) is 17.2. The monoisotopic (exact) mass is 532 g/mol. The first kappa shape index (κ1) is 29.4. The standard InChI is InChI=1S/C35H48O4/c1-3-4-5-6-27-7-9-28(10-8-27)29-11-13-30(14-12-29)31-15-17-32(18-16-31)33-19-21-34(22-20-33)38-23-24-39-35(37)26(2)25-36/h15-22,27-30,36H,2-14,23-25H2,1H3. The Labute approximate surface area is 235 Å². The fourth-order valence-corrected chi connectivity index (χ4v) is 6.71. The number of unbranched alkanes of at least 4 members (excludes halogenated alkanes) is 2. The Balaban J connectivity index is 1.18. The molecule has 0 aliphatic heterocycles. The van der Waals surface area contributed by atoms with Gasteiger partial charge in [-0.2, -0.15) is 0 Å². The maximum atomic E-state index is 11.5. The van der Waals surface area contributed by atoms with Crippen LogP contribution in [0.2, 0.25) is 0 Å². The Morgan fingerprint density at radius 1 is 0.821 bits per heavy atom. The minimum atomic E-state index is -0.594. The molecule has 2 fully saturated rings. The van der Waals surface area contributed by atoms with Crippen molar-refractivity contribution in [3.63, 3.8) is 0 Å². The first-order chi connectivity index (χ1) is 19.1. The molecule has 4 heteroatoms. The van der Waals surface area contributed by atoms with Gasteiger partial charge in [0.05, 0.1) is 12.2 Å². The molecule has 0 atom stereocenters. The van der Waals surface area contributed by atoms with Crippen LogP contribution in [0.25, 0.3) is 11.1 Å². The highest BCUT2D eigenvalue weighted by atomic mass is 16.6. The van der Waals surface area contributed by atoms with E-state index in [1.165, 1.54) is 88.2 Å². The van der Waals surface area contributed by atoms with E-state index >= 15 is 0 Å². The zero-order chi connectivity index (χ0) is 27.5. The second-order valence-electron chi connectivity index (χ2n) is 11.8. The van der Waals surface area contributed by atoms with Crippen molar-refractivity contribution in [2.45, 2.75) is 89.9 Å². The van der Waals surface area contributed by atoms with Crippen LogP contribution in [-0.4, -0.2) is 30.9 Å². The Morgan fingerprint density at radius 3 is 2.00 bits per heavy atom. The summed E-state index contributed by atoms with van der Waals surface area (Å²) in [5.41, 5.74) is 3.92. The van der Waals surface area contributed by atoms with Gasteiger partial charge < -0.3 is 14.6 Å². The molecule has 2 aromatic rings. The number of hydrogen-bond donors (Lipinski definition) is 1. The molecule has 0 saturated heterocycles. The third kappa shape index (κ3) is 8.70. The zero-order valence-electron chi connectivity index (χ0n) is 23.9. The van der Waals surface area contributed by atoms with Gasteiger partial charge in [0, 0.05) is 0 Å². The lowest BCUT2D eigenvalue weighted by Gasteiger charge is -2.38. The van der Waals surface area contributed by atoms with E-state index in [9.17, 15) is 4.79 Å². The summed E-state index contributed by atoms with van der Waals surface area (Å²) in [6.45, 7) is 5.72. The molecule has 2 aliphatic rings. The van der Waals surface area contributed by atoms with Crippen LogP contribution < -0.4 is 4.74 Å². The summed E-state index contributed by atoms with van der Waals surface area (Å²) < 4.78 is 10.7. The Hall–Kier alpha value is -2.59. The summed E-state index contributed by atoms with van der Waals surface area (Å²) in [7, 11) is 0. The van der Waals surface area contributed by atoms with Gasteiger partial charge in [0.1, 0.15) is 19.0 Å². The van der Waals surface area contributed by atoms with E-state index in [4.69, 9.17) is 14.6 Å². The Morgan fingerprint density at radius 2 is 1.41 bits per heavy atom. The van der Waals surface area contributed by atoms with Crippen molar-refractivity contribution in [3.8, 4) is 16.9 Å². The molecular formula is C35H48O4. The number of aliphatic hydroxyl groups excluding tert-OH is 1. The molecule has 2 aliphatic carbocycles. The van der Waals surface area contributed by atoms with Gasteiger partial charge >= 0.3 is 5.97 Å². The first-order valence-electron chi connectivity index (χ1n) is 15.4. The van der Waals surface area contributed by atoms with Crippen LogP contribution in [0.15, 0.2) is 60.7 Å². The van der Waals surface area contributed by atoms with Gasteiger partial charge in [-0.15, -0.1) is 0 Å². The molecule has 39 heavy (non-hydrogen) atoms. The number of rotatable bonds is 13. The summed E-state index contributed by atoms with van der Waals surface area (Å²) in [4.78, 5) is 11.5. The average molecular weight is 533 g/mol. The molecule has 0 unspecified atom stereocenters. The van der Waals surface area contributed by atoms with E-state index in [2.05, 4.69) is 49.9 Å². The van der Waals surface area contributed by atoms with Crippen LogP contribution in [0.4, 0.5) is 0 Å². The number of esters is 1. The highest BCUT2D eigenvalue weighted by molar-refractivity contribution is 5.87. The average Bonchev–Trinajstić information content (AvgIpc) is 3.00. The summed E-state index contributed by atoms with van der Waals surface area (Å²) in [5.74, 6) is 3.81. The van der Waals surface area contributed by atoms with Crippen molar-refractivity contribution < 1.29 is 19.4 Å². The minimum Gasteiger partial charge on any atom is -0.490 e. The number of ether oxygens (including phenoxy) is 2. The quantitative estimate of drug-likeness (QED) is 0.160. The fraction of sp³-hybridized carbons (Fsp3) is 0.571. The van der Waals surface area contributed by atoms with Crippen molar-refractivity contribution in [2.24, 2.45) is 17.8 Å². The van der Waals surface area contributed by atoms with E-state index < -0.39 is 12.6 Å². The number of aliphatic hydroxyl groups is 1. The highest BCUT2D eigenvalue weighted by Gasteiger charge is 2.31. The third-order valence-electron chi connectivity index (χ3n) is 9.18. The predicted octanol–water partition coefficient (Wildman–Crippen LogP) is 8.48. The molecule has 4 rings (SSSR count). The molecule has 4 nitrogen and oxygen atoms in total. The van der Waals surface area contributed by atoms with Gasteiger partial charge in [0.25, 0.3) is 0 Å². The van der Waals surface area contributed by atoms with Gasteiger partial charge in [-0.25, -0.2) is 4.79 Å². The van der Waals surface area contributed by atoms with Gasteiger partial charge in [-0.3, -0.25) is 0 Å². The second-order valence-corrected chi connectivity index (χ2v) is 11.8. The van der Waals surface area contributed by atoms with Crippen molar-refractivity contribution >= 4 is 5.97 Å². The van der Waals surface area contributed by atoms with Crippen LogP contribution in [0, 0.1) is 17.8 Å². The van der Waals surface area contributed by atoms with E-state index in [-0.39, 0.29) is 18.8 Å². The molecular weight excluding hydrogens is 484 g/mol. The molecule has 2 aromatic carbocycles. The molecule has 1 N–H and O–H groups in total. The zero-order valence-corrected chi connectivity index (χ0v) is 23.9. The largest absolute Gasteiger partial charge is 0.490 e. The van der Waals surface area contributed by atoms with E-state index in [1.807, 2.05) is 12.1 Å². The lowest BCUT2D eigenvalue weighted by molar-refractivity contribution is -0.140. The fourth-order valence-electron chi connectivity index (χ4n) is 6.71. The van der Waals surface area contributed by atoms with Gasteiger partial charge in [0.2, 0.25) is 0 Å². The van der Waals surface area contributed by atoms with Gasteiger partial charge in [-0.1, -0.05) is 88.4 Å². The molecule has 212 valence electrons. The van der Waals surface area contributed by atoms with Crippen molar-refractivity contribution in [3.05, 3.63) is 66.2 Å². The summed E-state index contributed by atoms with van der Waals surface area (Å²) in [5, 5.41) is 8.89. The normalized spacial score (nSPS) is 23.2. The molecule has 0 aromatic heterocycles. The molecule has 0 heterocycles. The van der Waals surface area contributed by atoms with E-state index in [1.54, 1.807) is 0 Å². The minimum absolute atomic E-state index is 0.0450. The predicted molar refractivity (Wildman–Crippen MR) is 159 cm³/mol. The number of hydrogen-bond acceptors (Lipinski definition) is 4. The number of carbonyl (C=O) groups is 1. The Kier molecular flexibility index (Phi) is 11.5. The molecule has 0 radical (unpaired) electrons. The first-order valence-corrected chi connectivity index (χ1v) is 15.4. The van der Waals surface area contributed by atoms with Crippen molar-refractivity contribution in [2.75, 3.05) is 19.8 Å². The number of carbonyl (C=O) groups excluding carboxylic acids is 1. The van der Waals surface area contributed by atoms with Gasteiger partial charge in [0.15, 0.2) is 0 Å².